The second kappa shape index (κ2) is 7.84. The Bertz CT molecular complexity index is 796. The van der Waals surface area contributed by atoms with Crippen molar-refractivity contribution in [3.05, 3.63) is 30.0 Å². The number of aliphatic hydroxyl groups excluding tert-OH is 1. The average molecular weight is 360 g/mol. The SMILES string of the molecule is CC(O)C(NC(=O)c1nn(CC2CCOCC2)c2ccccc12)C(N)=O. The van der Waals surface area contributed by atoms with Gasteiger partial charge in [0, 0.05) is 25.1 Å². The summed E-state index contributed by atoms with van der Waals surface area (Å²) in [6.07, 6.45) is 0.829. The minimum absolute atomic E-state index is 0.222. The molecule has 2 atom stereocenters. The summed E-state index contributed by atoms with van der Waals surface area (Å²) in [5.74, 6) is -0.880. The zero-order chi connectivity index (χ0) is 18.7. The summed E-state index contributed by atoms with van der Waals surface area (Å²) < 4.78 is 7.23. The molecule has 140 valence electrons. The Labute approximate surface area is 151 Å². The van der Waals surface area contributed by atoms with Gasteiger partial charge in [0.25, 0.3) is 5.91 Å². The van der Waals surface area contributed by atoms with E-state index < -0.39 is 24.0 Å². The molecule has 1 fully saturated rings. The Kier molecular flexibility index (Phi) is 5.53. The van der Waals surface area contributed by atoms with E-state index in [9.17, 15) is 14.7 Å². The molecule has 2 amide bonds. The average Bonchev–Trinajstić information content (AvgIpc) is 2.99. The third-order valence-corrected chi connectivity index (χ3v) is 4.72. The third kappa shape index (κ3) is 3.86. The first-order valence-electron chi connectivity index (χ1n) is 8.79. The number of carbonyl (C=O) groups excluding carboxylic acids is 2. The maximum absolute atomic E-state index is 12.7. The second-order valence-electron chi connectivity index (χ2n) is 6.70. The number of primary amides is 1. The van der Waals surface area contributed by atoms with Crippen molar-refractivity contribution in [2.45, 2.75) is 38.5 Å². The molecule has 0 aliphatic carbocycles. The smallest absolute Gasteiger partial charge is 0.273 e. The first kappa shape index (κ1) is 18.3. The van der Waals surface area contributed by atoms with E-state index in [1.807, 2.05) is 28.9 Å². The van der Waals surface area contributed by atoms with E-state index in [1.165, 1.54) is 6.92 Å². The van der Waals surface area contributed by atoms with Crippen molar-refractivity contribution in [3.8, 4) is 0 Å². The van der Waals surface area contributed by atoms with Crippen molar-refractivity contribution >= 4 is 22.7 Å². The fraction of sp³-hybridized carbons (Fsp3) is 0.500. The molecule has 1 aliphatic heterocycles. The monoisotopic (exact) mass is 360 g/mol. The van der Waals surface area contributed by atoms with Crippen LogP contribution in [0.25, 0.3) is 10.9 Å². The first-order chi connectivity index (χ1) is 12.5. The highest BCUT2D eigenvalue weighted by atomic mass is 16.5. The van der Waals surface area contributed by atoms with Gasteiger partial charge in [0.1, 0.15) is 6.04 Å². The zero-order valence-electron chi connectivity index (χ0n) is 14.7. The zero-order valence-corrected chi connectivity index (χ0v) is 14.7. The Hall–Kier alpha value is -2.45. The first-order valence-corrected chi connectivity index (χ1v) is 8.79. The number of benzene rings is 1. The van der Waals surface area contributed by atoms with E-state index in [-0.39, 0.29) is 5.69 Å². The number of aromatic nitrogens is 2. The number of nitrogens with one attached hydrogen (secondary N) is 1. The minimum Gasteiger partial charge on any atom is -0.391 e. The molecule has 1 aliphatic rings. The number of nitrogens with two attached hydrogens (primary N) is 1. The summed E-state index contributed by atoms with van der Waals surface area (Å²) in [6.45, 7) is 3.59. The van der Waals surface area contributed by atoms with Crippen molar-refractivity contribution in [1.29, 1.82) is 0 Å². The van der Waals surface area contributed by atoms with Gasteiger partial charge in [-0.25, -0.2) is 0 Å². The van der Waals surface area contributed by atoms with Gasteiger partial charge in [-0.1, -0.05) is 18.2 Å². The second-order valence-corrected chi connectivity index (χ2v) is 6.70. The summed E-state index contributed by atoms with van der Waals surface area (Å²) >= 11 is 0. The van der Waals surface area contributed by atoms with E-state index in [4.69, 9.17) is 10.5 Å². The van der Waals surface area contributed by atoms with Gasteiger partial charge in [0.2, 0.25) is 5.91 Å². The van der Waals surface area contributed by atoms with Crippen LogP contribution < -0.4 is 11.1 Å². The number of aliphatic hydroxyl groups is 1. The lowest BCUT2D eigenvalue weighted by atomic mass is 10.0. The number of carbonyl (C=O) groups is 2. The van der Waals surface area contributed by atoms with E-state index in [2.05, 4.69) is 10.4 Å². The van der Waals surface area contributed by atoms with Crippen LogP contribution in [-0.2, 0) is 16.1 Å². The molecule has 8 heteroatoms. The normalized spacial score (nSPS) is 17.8. The fourth-order valence-electron chi connectivity index (χ4n) is 3.25. The van der Waals surface area contributed by atoms with E-state index in [1.54, 1.807) is 0 Å². The number of rotatable bonds is 6. The lowest BCUT2D eigenvalue weighted by Gasteiger charge is -2.22. The lowest BCUT2D eigenvalue weighted by molar-refractivity contribution is -0.122. The van der Waals surface area contributed by atoms with Crippen LogP contribution in [0.5, 0.6) is 0 Å². The predicted octanol–water partition coefficient (Wildman–Crippen LogP) is 0.427. The van der Waals surface area contributed by atoms with Crippen LogP contribution in [0.1, 0.15) is 30.3 Å². The molecule has 2 aromatic rings. The van der Waals surface area contributed by atoms with Gasteiger partial charge in [-0.2, -0.15) is 5.10 Å². The molecule has 0 radical (unpaired) electrons. The van der Waals surface area contributed by atoms with Crippen molar-refractivity contribution in [2.75, 3.05) is 13.2 Å². The van der Waals surface area contributed by atoms with Crippen molar-refractivity contribution < 1.29 is 19.4 Å². The molecule has 0 spiro atoms. The lowest BCUT2D eigenvalue weighted by Crippen LogP contribution is -2.50. The number of fused-ring (bicyclic) bond motifs is 1. The number of amides is 2. The van der Waals surface area contributed by atoms with Crippen LogP contribution in [0.15, 0.2) is 24.3 Å². The third-order valence-electron chi connectivity index (χ3n) is 4.72. The Morgan fingerprint density at radius 3 is 2.73 bits per heavy atom. The Balaban J connectivity index is 1.88. The van der Waals surface area contributed by atoms with Crippen molar-refractivity contribution in [1.82, 2.24) is 15.1 Å². The molecule has 3 rings (SSSR count). The number of nitrogens with zero attached hydrogens (tertiary/aromatic N) is 2. The summed E-state index contributed by atoms with van der Waals surface area (Å²) in [5, 5.41) is 17.3. The summed E-state index contributed by atoms with van der Waals surface area (Å²) in [5.41, 5.74) is 6.33. The molecule has 0 saturated carbocycles. The highest BCUT2D eigenvalue weighted by Crippen LogP contribution is 2.23. The van der Waals surface area contributed by atoms with Crippen molar-refractivity contribution in [3.63, 3.8) is 0 Å². The number of para-hydroxylation sites is 1. The van der Waals surface area contributed by atoms with E-state index in [0.29, 0.717) is 17.8 Å². The minimum atomic E-state index is -1.16. The highest BCUT2D eigenvalue weighted by Gasteiger charge is 2.27. The Morgan fingerprint density at radius 2 is 2.08 bits per heavy atom. The molecular formula is C18H24N4O4. The van der Waals surface area contributed by atoms with Gasteiger partial charge >= 0.3 is 0 Å². The largest absolute Gasteiger partial charge is 0.391 e. The molecule has 1 aromatic heterocycles. The van der Waals surface area contributed by atoms with Gasteiger partial charge < -0.3 is 20.9 Å². The van der Waals surface area contributed by atoms with E-state index in [0.717, 1.165) is 31.6 Å². The molecule has 0 bridgehead atoms. The quantitative estimate of drug-likeness (QED) is 0.690. The number of ether oxygens (including phenoxy) is 1. The number of hydrogen-bond acceptors (Lipinski definition) is 5. The molecule has 2 unspecified atom stereocenters. The molecule has 26 heavy (non-hydrogen) atoms. The predicted molar refractivity (Wildman–Crippen MR) is 95.4 cm³/mol. The molecule has 2 heterocycles. The summed E-state index contributed by atoms with van der Waals surface area (Å²) in [4.78, 5) is 24.1. The van der Waals surface area contributed by atoms with Crippen LogP contribution in [0.3, 0.4) is 0 Å². The van der Waals surface area contributed by atoms with Crippen LogP contribution >= 0.6 is 0 Å². The molecule has 4 N–H and O–H groups in total. The molecule has 1 saturated heterocycles. The number of hydrogen-bond donors (Lipinski definition) is 3. The van der Waals surface area contributed by atoms with E-state index >= 15 is 0 Å². The maximum Gasteiger partial charge on any atom is 0.273 e. The molecular weight excluding hydrogens is 336 g/mol. The van der Waals surface area contributed by atoms with Crippen LogP contribution in [0, 0.1) is 5.92 Å². The topological polar surface area (TPSA) is 119 Å². The van der Waals surface area contributed by atoms with Crippen LogP contribution in [0.2, 0.25) is 0 Å². The summed E-state index contributed by atoms with van der Waals surface area (Å²) in [6, 6.07) is 6.30. The van der Waals surface area contributed by atoms with Gasteiger partial charge in [-0.05, 0) is 31.7 Å². The van der Waals surface area contributed by atoms with Crippen LogP contribution in [0.4, 0.5) is 0 Å². The van der Waals surface area contributed by atoms with Crippen molar-refractivity contribution in [2.24, 2.45) is 11.7 Å². The Morgan fingerprint density at radius 1 is 1.38 bits per heavy atom. The summed E-state index contributed by atoms with van der Waals surface area (Å²) in [7, 11) is 0. The fourth-order valence-corrected chi connectivity index (χ4v) is 3.25. The van der Waals surface area contributed by atoms with Gasteiger partial charge in [0.15, 0.2) is 5.69 Å². The van der Waals surface area contributed by atoms with Gasteiger partial charge in [-0.3, -0.25) is 14.3 Å². The van der Waals surface area contributed by atoms with Crippen LogP contribution in [-0.4, -0.2) is 52.1 Å². The van der Waals surface area contributed by atoms with Gasteiger partial charge in [0.05, 0.1) is 11.6 Å². The standard InChI is InChI=1S/C18H24N4O4/c1-11(23)15(17(19)24)20-18(25)16-13-4-2-3-5-14(13)22(21-16)10-12-6-8-26-9-7-12/h2-5,11-12,15,23H,6-10H2,1H3,(H2,19,24)(H,20,25). The highest BCUT2D eigenvalue weighted by molar-refractivity contribution is 6.06. The molecule has 8 nitrogen and oxygen atoms in total. The molecule has 1 aromatic carbocycles. The van der Waals surface area contributed by atoms with Gasteiger partial charge in [-0.15, -0.1) is 0 Å². The maximum atomic E-state index is 12.7.